The van der Waals surface area contributed by atoms with Gasteiger partial charge in [0.05, 0.1) is 0 Å². The molecule has 0 aromatic heterocycles. The van der Waals surface area contributed by atoms with Crippen LogP contribution in [0.4, 0.5) is 0 Å². The van der Waals surface area contributed by atoms with Gasteiger partial charge in [-0.15, -0.1) is 0 Å². The summed E-state index contributed by atoms with van der Waals surface area (Å²) in [5.74, 6) is 0.715. The Balaban J connectivity index is 2.35. The maximum absolute atomic E-state index is 8.45. The van der Waals surface area contributed by atoms with Gasteiger partial charge in [0.25, 0.3) is 0 Å². The summed E-state index contributed by atoms with van der Waals surface area (Å²) < 4.78 is 0. The molecule has 10 heavy (non-hydrogen) atoms. The van der Waals surface area contributed by atoms with Crippen LogP contribution < -0.4 is 0 Å². The van der Waals surface area contributed by atoms with E-state index in [0.29, 0.717) is 11.3 Å². The number of rotatable bonds is 0. The molecule has 0 unspecified atom stereocenters. The second kappa shape index (κ2) is 2.16. The minimum absolute atomic E-state index is 0.382. The van der Waals surface area contributed by atoms with E-state index in [0.717, 1.165) is 13.1 Å². The lowest BCUT2D eigenvalue weighted by molar-refractivity contribution is 0.0688. The van der Waals surface area contributed by atoms with Gasteiger partial charge in [-0.1, -0.05) is 20.8 Å². The summed E-state index contributed by atoms with van der Waals surface area (Å²) in [5, 5.41) is 8.45. The van der Waals surface area contributed by atoms with Crippen molar-refractivity contribution in [3.63, 3.8) is 0 Å². The first-order valence-electron chi connectivity index (χ1n) is 3.68. The molecule has 0 radical (unpaired) electrons. The molecule has 1 saturated heterocycles. The lowest BCUT2D eigenvalue weighted by Gasteiger charge is -2.43. The predicted molar refractivity (Wildman–Crippen MR) is 40.1 cm³/mol. The lowest BCUT2D eigenvalue weighted by Crippen LogP contribution is -2.49. The standard InChI is InChI=1S/C8H14N2/c1-8(2,3)7-4-10(5-7)6-9/h7H,4-5H2,1-3H3. The molecule has 56 valence electrons. The van der Waals surface area contributed by atoms with E-state index in [1.807, 2.05) is 0 Å². The zero-order valence-corrected chi connectivity index (χ0v) is 6.89. The fourth-order valence-corrected chi connectivity index (χ4v) is 1.11. The topological polar surface area (TPSA) is 27.0 Å². The molecule has 0 spiro atoms. The molecule has 1 aliphatic heterocycles. The molecular weight excluding hydrogens is 124 g/mol. The van der Waals surface area contributed by atoms with Crippen molar-refractivity contribution in [1.29, 1.82) is 5.26 Å². The maximum atomic E-state index is 8.45. The third-order valence-electron chi connectivity index (χ3n) is 2.25. The number of nitrogens with zero attached hydrogens (tertiary/aromatic N) is 2. The van der Waals surface area contributed by atoms with E-state index in [9.17, 15) is 0 Å². The van der Waals surface area contributed by atoms with Gasteiger partial charge in [0.15, 0.2) is 6.19 Å². The van der Waals surface area contributed by atoms with Crippen LogP contribution in [0.25, 0.3) is 0 Å². The van der Waals surface area contributed by atoms with Gasteiger partial charge in [0.2, 0.25) is 0 Å². The molecule has 0 N–H and O–H groups in total. The Labute approximate surface area is 62.4 Å². The fourth-order valence-electron chi connectivity index (χ4n) is 1.11. The highest BCUT2D eigenvalue weighted by Crippen LogP contribution is 2.32. The van der Waals surface area contributed by atoms with E-state index < -0.39 is 0 Å². The summed E-state index contributed by atoms with van der Waals surface area (Å²) in [6.07, 6.45) is 2.14. The van der Waals surface area contributed by atoms with E-state index in [1.54, 1.807) is 4.90 Å². The summed E-state index contributed by atoms with van der Waals surface area (Å²) >= 11 is 0. The largest absolute Gasteiger partial charge is 0.310 e. The Morgan fingerprint density at radius 3 is 2.20 bits per heavy atom. The van der Waals surface area contributed by atoms with E-state index in [4.69, 9.17) is 5.26 Å². The molecule has 0 atom stereocenters. The van der Waals surface area contributed by atoms with Crippen LogP contribution in [0.5, 0.6) is 0 Å². The van der Waals surface area contributed by atoms with Gasteiger partial charge in [-0.05, 0) is 5.41 Å². The Morgan fingerprint density at radius 2 is 1.90 bits per heavy atom. The molecule has 1 fully saturated rings. The lowest BCUT2D eigenvalue weighted by atomic mass is 9.76. The van der Waals surface area contributed by atoms with Crippen molar-refractivity contribution in [3.05, 3.63) is 0 Å². The van der Waals surface area contributed by atoms with Crippen LogP contribution in [0.1, 0.15) is 20.8 Å². The minimum atomic E-state index is 0.382. The highest BCUT2D eigenvalue weighted by atomic mass is 15.2. The summed E-state index contributed by atoms with van der Waals surface area (Å²) in [5.41, 5.74) is 0.382. The van der Waals surface area contributed by atoms with Gasteiger partial charge >= 0.3 is 0 Å². The van der Waals surface area contributed by atoms with Crippen molar-refractivity contribution in [2.45, 2.75) is 20.8 Å². The highest BCUT2D eigenvalue weighted by Gasteiger charge is 2.34. The highest BCUT2D eigenvalue weighted by molar-refractivity contribution is 4.93. The molecule has 0 amide bonds. The third kappa shape index (κ3) is 1.23. The molecule has 1 aliphatic rings. The van der Waals surface area contributed by atoms with E-state index >= 15 is 0 Å². The Morgan fingerprint density at radius 1 is 1.40 bits per heavy atom. The van der Waals surface area contributed by atoms with Crippen LogP contribution in [-0.4, -0.2) is 18.0 Å². The van der Waals surface area contributed by atoms with Crippen molar-refractivity contribution in [2.24, 2.45) is 11.3 Å². The van der Waals surface area contributed by atoms with E-state index in [-0.39, 0.29) is 0 Å². The SMILES string of the molecule is CC(C)(C)C1CN(C#N)C1. The fraction of sp³-hybridized carbons (Fsp3) is 0.875. The first-order valence-corrected chi connectivity index (χ1v) is 3.68. The number of nitriles is 1. The molecule has 0 aromatic rings. The summed E-state index contributed by atoms with van der Waals surface area (Å²) in [4.78, 5) is 1.80. The molecule has 1 heterocycles. The number of likely N-dealkylation sites (tertiary alicyclic amines) is 1. The third-order valence-corrected chi connectivity index (χ3v) is 2.25. The molecule has 2 heteroatoms. The first-order chi connectivity index (χ1) is 4.54. The molecule has 0 aromatic carbocycles. The normalized spacial score (nSPS) is 20.0. The second-order valence-electron chi connectivity index (χ2n) is 4.07. The smallest absolute Gasteiger partial charge is 0.179 e. The minimum Gasteiger partial charge on any atom is -0.310 e. The van der Waals surface area contributed by atoms with Crippen LogP contribution in [0.15, 0.2) is 0 Å². The van der Waals surface area contributed by atoms with Crippen molar-refractivity contribution in [2.75, 3.05) is 13.1 Å². The summed E-state index contributed by atoms with van der Waals surface area (Å²) in [6.45, 7) is 8.60. The van der Waals surface area contributed by atoms with Crippen LogP contribution in [-0.2, 0) is 0 Å². The van der Waals surface area contributed by atoms with Crippen LogP contribution in [0.3, 0.4) is 0 Å². The Bertz CT molecular complexity index is 155. The number of hydrogen-bond donors (Lipinski definition) is 0. The van der Waals surface area contributed by atoms with Gasteiger partial charge in [0, 0.05) is 19.0 Å². The first kappa shape index (κ1) is 7.40. The van der Waals surface area contributed by atoms with Crippen molar-refractivity contribution in [1.82, 2.24) is 4.90 Å². The van der Waals surface area contributed by atoms with E-state index in [1.165, 1.54) is 0 Å². The molecule has 0 bridgehead atoms. The van der Waals surface area contributed by atoms with Crippen molar-refractivity contribution in [3.8, 4) is 6.19 Å². The van der Waals surface area contributed by atoms with Gasteiger partial charge in [-0.25, -0.2) is 0 Å². The second-order valence-corrected chi connectivity index (χ2v) is 4.07. The van der Waals surface area contributed by atoms with Gasteiger partial charge in [-0.3, -0.25) is 0 Å². The summed E-state index contributed by atoms with van der Waals surface area (Å²) in [7, 11) is 0. The Kier molecular flexibility index (Phi) is 1.60. The van der Waals surface area contributed by atoms with Gasteiger partial charge in [0.1, 0.15) is 0 Å². The number of hydrogen-bond acceptors (Lipinski definition) is 2. The average molecular weight is 138 g/mol. The van der Waals surface area contributed by atoms with Crippen LogP contribution in [0, 0.1) is 22.8 Å². The summed E-state index contributed by atoms with van der Waals surface area (Å²) in [6, 6.07) is 0. The average Bonchev–Trinajstić information content (AvgIpc) is 1.57. The molecular formula is C8H14N2. The zero-order chi connectivity index (χ0) is 7.78. The van der Waals surface area contributed by atoms with Gasteiger partial charge < -0.3 is 4.90 Å². The van der Waals surface area contributed by atoms with Crippen molar-refractivity contribution < 1.29 is 0 Å². The zero-order valence-electron chi connectivity index (χ0n) is 6.89. The Hall–Kier alpha value is -0.710. The van der Waals surface area contributed by atoms with Gasteiger partial charge in [-0.2, -0.15) is 5.26 Å². The molecule has 0 aliphatic carbocycles. The van der Waals surface area contributed by atoms with E-state index in [2.05, 4.69) is 27.0 Å². The monoisotopic (exact) mass is 138 g/mol. The predicted octanol–water partition coefficient (Wildman–Crippen LogP) is 1.45. The molecule has 1 rings (SSSR count). The maximum Gasteiger partial charge on any atom is 0.179 e. The van der Waals surface area contributed by atoms with Crippen molar-refractivity contribution >= 4 is 0 Å². The molecule has 0 saturated carbocycles. The van der Waals surface area contributed by atoms with Crippen LogP contribution >= 0.6 is 0 Å². The quantitative estimate of drug-likeness (QED) is 0.474. The van der Waals surface area contributed by atoms with Crippen LogP contribution in [0.2, 0.25) is 0 Å². The molecule has 2 nitrogen and oxygen atoms in total.